The molecule has 1 aromatic heterocycles. The summed E-state index contributed by atoms with van der Waals surface area (Å²) in [5.41, 5.74) is 0.291. The number of aryl methyl sites for hydroxylation is 1. The standard InChI is InChI=1S/C12H17NO4/c1-8-5-10(16-7-8)9(14)6-13-11(15)17-12(2,3)4/h5,7H,6H2,1-4H3,(H,13,15). The van der Waals surface area contributed by atoms with Gasteiger partial charge in [0.15, 0.2) is 5.76 Å². The summed E-state index contributed by atoms with van der Waals surface area (Å²) in [4.78, 5) is 22.8. The lowest BCUT2D eigenvalue weighted by molar-refractivity contribution is 0.0519. The van der Waals surface area contributed by atoms with Gasteiger partial charge in [-0.05, 0) is 39.3 Å². The zero-order chi connectivity index (χ0) is 13.1. The molecule has 0 unspecified atom stereocenters. The maximum Gasteiger partial charge on any atom is 0.408 e. The summed E-state index contributed by atoms with van der Waals surface area (Å²) < 4.78 is 10.0. The van der Waals surface area contributed by atoms with Crippen molar-refractivity contribution in [3.8, 4) is 0 Å². The van der Waals surface area contributed by atoms with Crippen molar-refractivity contribution < 1.29 is 18.7 Å². The summed E-state index contributed by atoms with van der Waals surface area (Å²) in [6, 6.07) is 1.62. The molecule has 0 saturated carbocycles. The fraction of sp³-hybridized carbons (Fsp3) is 0.500. The minimum Gasteiger partial charge on any atom is -0.461 e. The normalized spacial score (nSPS) is 11.1. The summed E-state index contributed by atoms with van der Waals surface area (Å²) in [6.45, 7) is 6.95. The lowest BCUT2D eigenvalue weighted by Crippen LogP contribution is -2.35. The van der Waals surface area contributed by atoms with Crippen molar-refractivity contribution in [2.75, 3.05) is 6.54 Å². The molecule has 1 N–H and O–H groups in total. The fourth-order valence-electron chi connectivity index (χ4n) is 1.13. The molecule has 1 rings (SSSR count). The Kier molecular flexibility index (Phi) is 3.93. The van der Waals surface area contributed by atoms with Crippen molar-refractivity contribution in [3.05, 3.63) is 23.7 Å². The number of carbonyl (C=O) groups excluding carboxylic acids is 2. The number of hydrogen-bond donors (Lipinski definition) is 1. The molecule has 17 heavy (non-hydrogen) atoms. The number of furan rings is 1. The number of carbonyl (C=O) groups is 2. The molecule has 5 nitrogen and oxygen atoms in total. The first kappa shape index (κ1) is 13.3. The van der Waals surface area contributed by atoms with Gasteiger partial charge in [-0.15, -0.1) is 0 Å². The van der Waals surface area contributed by atoms with Gasteiger partial charge in [0.05, 0.1) is 12.8 Å². The van der Waals surface area contributed by atoms with E-state index in [1.54, 1.807) is 26.8 Å². The van der Waals surface area contributed by atoms with Crippen LogP contribution in [0.1, 0.15) is 36.9 Å². The monoisotopic (exact) mass is 239 g/mol. The molecule has 0 fully saturated rings. The van der Waals surface area contributed by atoms with E-state index in [1.165, 1.54) is 6.26 Å². The second kappa shape index (κ2) is 5.03. The van der Waals surface area contributed by atoms with E-state index < -0.39 is 11.7 Å². The van der Waals surface area contributed by atoms with Crippen LogP contribution in [0.25, 0.3) is 0 Å². The van der Waals surface area contributed by atoms with E-state index >= 15 is 0 Å². The molecule has 0 bridgehead atoms. The van der Waals surface area contributed by atoms with Gasteiger partial charge in [-0.25, -0.2) is 4.79 Å². The molecule has 0 aliphatic heterocycles. The quantitative estimate of drug-likeness (QED) is 0.822. The van der Waals surface area contributed by atoms with Crippen molar-refractivity contribution in [1.29, 1.82) is 0 Å². The smallest absolute Gasteiger partial charge is 0.408 e. The third kappa shape index (κ3) is 4.72. The van der Waals surface area contributed by atoms with Crippen LogP contribution in [-0.4, -0.2) is 24.0 Å². The van der Waals surface area contributed by atoms with E-state index in [2.05, 4.69) is 5.32 Å². The zero-order valence-electron chi connectivity index (χ0n) is 10.5. The minimum absolute atomic E-state index is 0.137. The molecular formula is C12H17NO4. The van der Waals surface area contributed by atoms with Gasteiger partial charge in [0, 0.05) is 0 Å². The van der Waals surface area contributed by atoms with Crippen LogP contribution in [0.5, 0.6) is 0 Å². The van der Waals surface area contributed by atoms with Crippen molar-refractivity contribution in [2.24, 2.45) is 0 Å². The first-order valence-electron chi connectivity index (χ1n) is 5.33. The number of rotatable bonds is 3. The number of ketones is 1. The molecule has 0 radical (unpaired) electrons. The van der Waals surface area contributed by atoms with Crippen molar-refractivity contribution >= 4 is 11.9 Å². The van der Waals surface area contributed by atoms with Crippen LogP contribution < -0.4 is 5.32 Å². The Bertz CT molecular complexity index is 414. The second-order valence-electron chi connectivity index (χ2n) is 4.77. The second-order valence-corrected chi connectivity index (χ2v) is 4.77. The van der Waals surface area contributed by atoms with Crippen LogP contribution in [0.3, 0.4) is 0 Å². The van der Waals surface area contributed by atoms with Crippen molar-refractivity contribution in [3.63, 3.8) is 0 Å². The average Bonchev–Trinajstić information content (AvgIpc) is 2.58. The molecule has 0 aromatic carbocycles. The Hall–Kier alpha value is -1.78. The van der Waals surface area contributed by atoms with E-state index in [-0.39, 0.29) is 18.1 Å². The van der Waals surface area contributed by atoms with Gasteiger partial charge in [-0.3, -0.25) is 4.79 Å². The van der Waals surface area contributed by atoms with Crippen LogP contribution >= 0.6 is 0 Å². The minimum atomic E-state index is -0.617. The van der Waals surface area contributed by atoms with Crippen molar-refractivity contribution in [1.82, 2.24) is 5.32 Å². The lowest BCUT2D eigenvalue weighted by atomic mass is 10.2. The molecule has 1 heterocycles. The number of alkyl carbamates (subject to hydrolysis) is 1. The fourth-order valence-corrected chi connectivity index (χ4v) is 1.13. The molecule has 5 heteroatoms. The predicted molar refractivity (Wildman–Crippen MR) is 62.0 cm³/mol. The van der Waals surface area contributed by atoms with Gasteiger partial charge in [-0.1, -0.05) is 0 Å². The molecule has 0 spiro atoms. The topological polar surface area (TPSA) is 68.5 Å². The van der Waals surface area contributed by atoms with Gasteiger partial charge in [0.2, 0.25) is 5.78 Å². The maximum absolute atomic E-state index is 11.6. The zero-order valence-corrected chi connectivity index (χ0v) is 10.5. The molecule has 0 saturated heterocycles. The van der Waals surface area contributed by atoms with Crippen LogP contribution in [0.15, 0.2) is 16.7 Å². The summed E-state index contributed by atoms with van der Waals surface area (Å²) in [7, 11) is 0. The van der Waals surface area contributed by atoms with Gasteiger partial charge >= 0.3 is 6.09 Å². The summed E-state index contributed by atoms with van der Waals surface area (Å²) >= 11 is 0. The Morgan fingerprint density at radius 2 is 2.06 bits per heavy atom. The van der Waals surface area contributed by atoms with Gasteiger partial charge < -0.3 is 14.5 Å². The SMILES string of the molecule is Cc1coc(C(=O)CNC(=O)OC(C)(C)C)c1. The highest BCUT2D eigenvalue weighted by molar-refractivity contribution is 5.96. The van der Waals surface area contributed by atoms with Gasteiger partial charge in [0.1, 0.15) is 5.60 Å². The molecule has 0 atom stereocenters. The van der Waals surface area contributed by atoms with E-state index in [4.69, 9.17) is 9.15 Å². The van der Waals surface area contributed by atoms with E-state index in [0.717, 1.165) is 5.56 Å². The Balaban J connectivity index is 2.41. The number of amides is 1. The Morgan fingerprint density at radius 3 is 2.53 bits per heavy atom. The van der Waals surface area contributed by atoms with Crippen LogP contribution in [-0.2, 0) is 4.74 Å². The van der Waals surface area contributed by atoms with Crippen LogP contribution in [0.2, 0.25) is 0 Å². The Morgan fingerprint density at radius 1 is 1.41 bits per heavy atom. The summed E-state index contributed by atoms with van der Waals surface area (Å²) in [5, 5.41) is 2.38. The molecule has 0 aliphatic rings. The van der Waals surface area contributed by atoms with Gasteiger partial charge in [-0.2, -0.15) is 0 Å². The Labute approximate surface area is 100 Å². The molecule has 1 amide bonds. The van der Waals surface area contributed by atoms with Crippen LogP contribution in [0, 0.1) is 6.92 Å². The summed E-state index contributed by atoms with van der Waals surface area (Å²) in [5.74, 6) is -0.0532. The molecule has 0 aliphatic carbocycles. The van der Waals surface area contributed by atoms with E-state index in [1.807, 2.05) is 6.92 Å². The number of ether oxygens (including phenoxy) is 1. The maximum atomic E-state index is 11.6. The number of Topliss-reactive ketones (excluding diaryl/α,β-unsaturated/α-hetero) is 1. The molecule has 1 aromatic rings. The average molecular weight is 239 g/mol. The number of hydrogen-bond acceptors (Lipinski definition) is 4. The predicted octanol–water partition coefficient (Wildman–Crippen LogP) is 2.30. The third-order valence-electron chi connectivity index (χ3n) is 1.80. The largest absolute Gasteiger partial charge is 0.461 e. The highest BCUT2D eigenvalue weighted by atomic mass is 16.6. The van der Waals surface area contributed by atoms with Gasteiger partial charge in [0.25, 0.3) is 0 Å². The first-order valence-corrected chi connectivity index (χ1v) is 5.33. The summed E-state index contributed by atoms with van der Waals surface area (Å²) in [6.07, 6.45) is 0.870. The van der Waals surface area contributed by atoms with E-state index in [0.29, 0.717) is 0 Å². The number of nitrogens with one attached hydrogen (secondary N) is 1. The highest BCUT2D eigenvalue weighted by Crippen LogP contribution is 2.08. The first-order chi connectivity index (χ1) is 7.78. The molecular weight excluding hydrogens is 222 g/mol. The van der Waals surface area contributed by atoms with E-state index in [9.17, 15) is 9.59 Å². The highest BCUT2D eigenvalue weighted by Gasteiger charge is 2.17. The third-order valence-corrected chi connectivity index (χ3v) is 1.80. The van der Waals surface area contributed by atoms with Crippen LogP contribution in [0.4, 0.5) is 4.79 Å². The lowest BCUT2D eigenvalue weighted by Gasteiger charge is -2.19. The molecule has 94 valence electrons. The van der Waals surface area contributed by atoms with Crippen molar-refractivity contribution in [2.45, 2.75) is 33.3 Å².